The molecule has 0 aliphatic heterocycles. The number of rotatable bonds is 1. The minimum atomic E-state index is -0.133. The lowest BCUT2D eigenvalue weighted by Gasteiger charge is -2.57. The van der Waals surface area contributed by atoms with E-state index in [4.69, 9.17) is 11.6 Å². The molecule has 1 radical (unpaired) electrons. The number of hydrogen-bond donors (Lipinski definition) is 0. The average Bonchev–Trinajstić information content (AvgIpc) is 1.99. The zero-order valence-corrected chi connectivity index (χ0v) is 8.44. The lowest BCUT2D eigenvalue weighted by atomic mass is 9.50. The van der Waals surface area contributed by atoms with Crippen molar-refractivity contribution in [1.29, 1.82) is 0 Å². The van der Waals surface area contributed by atoms with Crippen LogP contribution in [0.3, 0.4) is 0 Å². The van der Waals surface area contributed by atoms with E-state index in [1.807, 2.05) is 0 Å². The summed E-state index contributed by atoms with van der Waals surface area (Å²) in [5.74, 6) is 1.44. The number of alkyl halides is 1. The summed E-state index contributed by atoms with van der Waals surface area (Å²) in [6.45, 7) is 0. The van der Waals surface area contributed by atoms with Crippen LogP contribution in [0.5, 0.6) is 0 Å². The molecule has 0 aromatic rings. The molecule has 4 rings (SSSR count). The molecule has 2 heteroatoms. The molecule has 4 saturated carbocycles. The summed E-state index contributed by atoms with van der Waals surface area (Å²) < 4.78 is 0. The topological polar surface area (TPSA) is 17.1 Å². The summed E-state index contributed by atoms with van der Waals surface area (Å²) >= 11 is 6.52. The summed E-state index contributed by atoms with van der Waals surface area (Å²) in [7, 11) is 0. The Bertz CT molecular complexity index is 247. The predicted molar refractivity (Wildman–Crippen MR) is 51.4 cm³/mol. The largest absolute Gasteiger partial charge is 0.290 e. The molecular formula is C11H14ClO. The van der Waals surface area contributed by atoms with Gasteiger partial charge in [-0.15, -0.1) is 11.6 Å². The summed E-state index contributed by atoms with van der Waals surface area (Å²) in [6, 6.07) is 0. The van der Waals surface area contributed by atoms with Crippen LogP contribution in [0.25, 0.3) is 0 Å². The Morgan fingerprint density at radius 2 is 1.77 bits per heavy atom. The number of carbonyl (C=O) groups excluding carboxylic acids is 1. The van der Waals surface area contributed by atoms with Crippen LogP contribution in [0.4, 0.5) is 0 Å². The van der Waals surface area contributed by atoms with Crippen molar-refractivity contribution in [2.75, 3.05) is 0 Å². The summed E-state index contributed by atoms with van der Waals surface area (Å²) in [6.07, 6.45) is 8.95. The monoisotopic (exact) mass is 197 g/mol. The van der Waals surface area contributed by atoms with E-state index in [2.05, 4.69) is 6.29 Å². The standard InChI is InChI=1S/C11H14ClO/c12-11-4-8-1-9(5-11)3-10(2-8,6-11)7-13/h8-9H,1-6H2. The highest BCUT2D eigenvalue weighted by atomic mass is 35.5. The number of hydrogen-bond acceptors (Lipinski definition) is 1. The second kappa shape index (κ2) is 2.31. The van der Waals surface area contributed by atoms with Gasteiger partial charge in [0, 0.05) is 10.3 Å². The molecule has 4 aliphatic rings. The van der Waals surface area contributed by atoms with Crippen molar-refractivity contribution >= 4 is 17.9 Å². The lowest BCUT2D eigenvalue weighted by molar-refractivity contribution is 0.000674. The van der Waals surface area contributed by atoms with Gasteiger partial charge in [0.1, 0.15) is 0 Å². The fourth-order valence-electron chi connectivity index (χ4n) is 4.27. The van der Waals surface area contributed by atoms with E-state index in [-0.39, 0.29) is 10.3 Å². The first-order valence-corrected chi connectivity index (χ1v) is 5.59. The first kappa shape index (κ1) is 8.28. The summed E-state index contributed by atoms with van der Waals surface area (Å²) in [5, 5.41) is 0. The zero-order valence-electron chi connectivity index (χ0n) is 7.68. The molecule has 4 bridgehead atoms. The SMILES string of the molecule is O=[C]C12CC3CC(CC(Cl)(C3)C1)C2. The lowest BCUT2D eigenvalue weighted by Crippen LogP contribution is -2.53. The third-order valence-electron chi connectivity index (χ3n) is 4.21. The molecule has 4 aliphatic carbocycles. The molecule has 0 amide bonds. The van der Waals surface area contributed by atoms with Gasteiger partial charge in [-0.25, -0.2) is 0 Å². The van der Waals surface area contributed by atoms with Gasteiger partial charge < -0.3 is 0 Å². The van der Waals surface area contributed by atoms with Crippen LogP contribution >= 0.6 is 11.6 Å². The van der Waals surface area contributed by atoms with E-state index in [1.54, 1.807) is 0 Å². The maximum atomic E-state index is 11.0. The molecule has 0 N–H and O–H groups in total. The minimum Gasteiger partial charge on any atom is -0.290 e. The Labute approximate surface area is 83.8 Å². The second-order valence-corrected chi connectivity index (χ2v) is 6.30. The van der Waals surface area contributed by atoms with Gasteiger partial charge in [0.25, 0.3) is 0 Å². The third-order valence-corrected chi connectivity index (χ3v) is 4.65. The average molecular weight is 198 g/mol. The quantitative estimate of drug-likeness (QED) is 0.591. The van der Waals surface area contributed by atoms with Crippen molar-refractivity contribution in [3.8, 4) is 0 Å². The molecule has 2 atom stereocenters. The first-order valence-electron chi connectivity index (χ1n) is 5.21. The molecule has 0 saturated heterocycles. The van der Waals surface area contributed by atoms with E-state index in [0.29, 0.717) is 0 Å². The van der Waals surface area contributed by atoms with Crippen LogP contribution in [0.2, 0.25) is 0 Å². The Morgan fingerprint density at radius 1 is 1.15 bits per heavy atom. The molecule has 0 aromatic heterocycles. The van der Waals surface area contributed by atoms with Crippen molar-refractivity contribution in [2.45, 2.75) is 43.4 Å². The van der Waals surface area contributed by atoms with Crippen molar-refractivity contribution in [3.63, 3.8) is 0 Å². The maximum absolute atomic E-state index is 11.0. The highest BCUT2D eigenvalue weighted by Gasteiger charge is 2.57. The summed E-state index contributed by atoms with van der Waals surface area (Å²) in [5.41, 5.74) is -0.133. The van der Waals surface area contributed by atoms with E-state index in [0.717, 1.165) is 43.9 Å². The molecule has 2 unspecified atom stereocenters. The number of halogens is 1. The first-order chi connectivity index (χ1) is 6.13. The van der Waals surface area contributed by atoms with Crippen molar-refractivity contribution in [1.82, 2.24) is 0 Å². The third kappa shape index (κ3) is 1.09. The van der Waals surface area contributed by atoms with Crippen molar-refractivity contribution in [2.24, 2.45) is 17.3 Å². The normalized spacial score (nSPS) is 58.2. The molecule has 0 heterocycles. The van der Waals surface area contributed by atoms with Gasteiger partial charge in [0.2, 0.25) is 6.29 Å². The van der Waals surface area contributed by atoms with Crippen molar-refractivity contribution in [3.05, 3.63) is 0 Å². The van der Waals surface area contributed by atoms with Crippen LogP contribution in [0.15, 0.2) is 0 Å². The fourth-order valence-corrected chi connectivity index (χ4v) is 4.96. The predicted octanol–water partition coefficient (Wildman–Crippen LogP) is 2.67. The van der Waals surface area contributed by atoms with Gasteiger partial charge in [-0.05, 0) is 50.4 Å². The van der Waals surface area contributed by atoms with Crippen LogP contribution in [-0.2, 0) is 4.79 Å². The maximum Gasteiger partial charge on any atom is 0.205 e. The van der Waals surface area contributed by atoms with Gasteiger partial charge >= 0.3 is 0 Å². The highest BCUT2D eigenvalue weighted by molar-refractivity contribution is 6.24. The Kier molecular flexibility index (Phi) is 1.47. The summed E-state index contributed by atoms with van der Waals surface area (Å²) in [4.78, 5) is 11.0. The molecule has 4 fully saturated rings. The molecule has 0 spiro atoms. The molecule has 13 heavy (non-hydrogen) atoms. The smallest absolute Gasteiger partial charge is 0.205 e. The molecule has 1 nitrogen and oxygen atoms in total. The molecular weight excluding hydrogens is 184 g/mol. The van der Waals surface area contributed by atoms with Crippen LogP contribution < -0.4 is 0 Å². The molecule has 71 valence electrons. The van der Waals surface area contributed by atoms with Crippen LogP contribution in [0, 0.1) is 17.3 Å². The van der Waals surface area contributed by atoms with E-state index in [1.165, 1.54) is 6.42 Å². The van der Waals surface area contributed by atoms with Gasteiger partial charge in [-0.1, -0.05) is 0 Å². The zero-order chi connectivity index (χ0) is 9.10. The molecule has 0 aromatic carbocycles. The van der Waals surface area contributed by atoms with E-state index in [9.17, 15) is 4.79 Å². The Balaban J connectivity index is 2.00. The van der Waals surface area contributed by atoms with E-state index < -0.39 is 0 Å². The fraction of sp³-hybridized carbons (Fsp3) is 0.909. The highest BCUT2D eigenvalue weighted by Crippen LogP contribution is 2.62. The van der Waals surface area contributed by atoms with Gasteiger partial charge in [-0.2, -0.15) is 0 Å². The van der Waals surface area contributed by atoms with Crippen molar-refractivity contribution < 1.29 is 4.79 Å². The van der Waals surface area contributed by atoms with Gasteiger partial charge in [-0.3, -0.25) is 4.79 Å². The van der Waals surface area contributed by atoms with Crippen LogP contribution in [0.1, 0.15) is 38.5 Å². The van der Waals surface area contributed by atoms with Gasteiger partial charge in [0.15, 0.2) is 0 Å². The Morgan fingerprint density at radius 3 is 2.23 bits per heavy atom. The minimum absolute atomic E-state index is 0.0263. The van der Waals surface area contributed by atoms with Crippen LogP contribution in [-0.4, -0.2) is 11.2 Å². The van der Waals surface area contributed by atoms with Gasteiger partial charge in [0.05, 0.1) is 0 Å². The Hall–Kier alpha value is -0.0400. The second-order valence-electron chi connectivity index (χ2n) is 5.49. The van der Waals surface area contributed by atoms with E-state index >= 15 is 0 Å².